The van der Waals surface area contributed by atoms with Crippen molar-refractivity contribution in [2.45, 2.75) is 26.0 Å². The number of amides is 1. The van der Waals surface area contributed by atoms with Gasteiger partial charge in [0.25, 0.3) is 0 Å². The van der Waals surface area contributed by atoms with Crippen molar-refractivity contribution in [2.75, 3.05) is 11.9 Å². The third-order valence-corrected chi connectivity index (χ3v) is 4.94. The lowest BCUT2D eigenvalue weighted by Crippen LogP contribution is -2.29. The average Bonchev–Trinajstić information content (AvgIpc) is 3.16. The lowest BCUT2D eigenvalue weighted by molar-refractivity contribution is -0.117. The van der Waals surface area contributed by atoms with Gasteiger partial charge in [-0.3, -0.25) is 10.1 Å². The molecule has 0 aliphatic carbocycles. The lowest BCUT2D eigenvalue weighted by Gasteiger charge is -2.24. The van der Waals surface area contributed by atoms with Gasteiger partial charge in [-0.1, -0.05) is 23.7 Å². The molecule has 0 saturated carbocycles. The van der Waals surface area contributed by atoms with Gasteiger partial charge in [0.1, 0.15) is 18.8 Å². The summed E-state index contributed by atoms with van der Waals surface area (Å²) in [5.41, 5.74) is 1.10. The minimum atomic E-state index is -0.431. The molecule has 29 heavy (non-hydrogen) atoms. The Balaban J connectivity index is 1.62. The summed E-state index contributed by atoms with van der Waals surface area (Å²) in [6.07, 6.45) is 1.62. The van der Waals surface area contributed by atoms with E-state index in [0.29, 0.717) is 29.1 Å². The normalized spacial score (nSPS) is 15.6. The average molecular weight is 417 g/mol. The maximum atomic E-state index is 14.0. The number of carbonyl (C=O) groups excluding carboxylic acids is 1. The second-order valence-corrected chi connectivity index (χ2v) is 6.83. The topological polar surface area (TPSA) is 78.3 Å². The molecule has 1 aromatic heterocycles. The van der Waals surface area contributed by atoms with Crippen LogP contribution in [-0.2, 0) is 11.4 Å². The molecule has 0 spiro atoms. The van der Waals surface area contributed by atoms with Crippen LogP contribution in [0, 0.1) is 5.82 Å². The van der Waals surface area contributed by atoms with E-state index in [-0.39, 0.29) is 30.5 Å². The third-order valence-electron chi connectivity index (χ3n) is 4.58. The largest absolute Gasteiger partial charge is 0.490 e. The van der Waals surface area contributed by atoms with E-state index >= 15 is 0 Å². The minimum absolute atomic E-state index is 0.0377. The molecule has 1 aliphatic rings. The zero-order valence-corrected chi connectivity index (χ0v) is 16.3. The summed E-state index contributed by atoms with van der Waals surface area (Å²) in [5, 5.41) is 7.19. The quantitative estimate of drug-likeness (QED) is 0.657. The number of halogens is 2. The van der Waals surface area contributed by atoms with E-state index in [1.165, 1.54) is 12.4 Å². The maximum Gasteiger partial charge on any atom is 0.229 e. The monoisotopic (exact) mass is 416 g/mol. The molecule has 150 valence electrons. The Morgan fingerprint density at radius 1 is 1.28 bits per heavy atom. The fraction of sp³-hybridized carbons (Fsp3) is 0.250. The number of aromatic nitrogens is 3. The first-order valence-corrected chi connectivity index (χ1v) is 9.46. The standard InChI is InChI=1S/C20H18ClFN4O3/c1-2-28-18-8-12(16-9-19(27)25-20-23-11-24-26(16)20)6-7-17(18)29-10-13-14(21)4-3-5-15(13)22/h3-8,11,16H,2,9-10H2,1H3,(H,23,24,25,27)/t16-/m1/s1. The van der Waals surface area contributed by atoms with Gasteiger partial charge >= 0.3 is 0 Å². The fourth-order valence-corrected chi connectivity index (χ4v) is 3.42. The Hall–Kier alpha value is -3.13. The van der Waals surface area contributed by atoms with E-state index in [0.717, 1.165) is 5.56 Å². The molecule has 3 aromatic rings. The number of rotatable bonds is 6. The first-order chi connectivity index (χ1) is 14.1. The van der Waals surface area contributed by atoms with Crippen molar-refractivity contribution in [2.24, 2.45) is 0 Å². The zero-order chi connectivity index (χ0) is 20.4. The van der Waals surface area contributed by atoms with Crippen LogP contribution in [0.25, 0.3) is 0 Å². The molecule has 7 nitrogen and oxygen atoms in total. The van der Waals surface area contributed by atoms with Crippen LogP contribution in [0.15, 0.2) is 42.7 Å². The zero-order valence-electron chi connectivity index (χ0n) is 15.6. The summed E-state index contributed by atoms with van der Waals surface area (Å²) < 4.78 is 27.2. The van der Waals surface area contributed by atoms with Crippen molar-refractivity contribution >= 4 is 23.5 Å². The van der Waals surface area contributed by atoms with E-state index in [4.69, 9.17) is 21.1 Å². The van der Waals surface area contributed by atoms with Crippen LogP contribution >= 0.6 is 11.6 Å². The highest BCUT2D eigenvalue weighted by Crippen LogP contribution is 2.36. The molecule has 1 aliphatic heterocycles. The molecule has 1 atom stereocenters. The molecule has 0 fully saturated rings. The molecule has 1 amide bonds. The minimum Gasteiger partial charge on any atom is -0.490 e. The van der Waals surface area contributed by atoms with Crippen LogP contribution in [-0.4, -0.2) is 27.3 Å². The van der Waals surface area contributed by atoms with Gasteiger partial charge in [0, 0.05) is 5.56 Å². The van der Waals surface area contributed by atoms with E-state index in [2.05, 4.69) is 15.4 Å². The Morgan fingerprint density at radius 2 is 2.14 bits per heavy atom. The number of ether oxygens (including phenoxy) is 2. The Morgan fingerprint density at radius 3 is 2.93 bits per heavy atom. The van der Waals surface area contributed by atoms with Crippen molar-refractivity contribution in [3.05, 3.63) is 64.7 Å². The van der Waals surface area contributed by atoms with Crippen LogP contribution < -0.4 is 14.8 Å². The van der Waals surface area contributed by atoms with E-state index < -0.39 is 5.82 Å². The molecular formula is C20H18ClFN4O3. The summed E-state index contributed by atoms with van der Waals surface area (Å²) in [6.45, 7) is 2.23. The number of fused-ring (bicyclic) bond motifs is 1. The van der Waals surface area contributed by atoms with Gasteiger partial charge in [0.05, 0.1) is 24.1 Å². The van der Waals surface area contributed by atoms with Gasteiger partial charge in [-0.15, -0.1) is 0 Å². The number of anilines is 1. The summed E-state index contributed by atoms with van der Waals surface area (Å²) in [6, 6.07) is 9.54. The summed E-state index contributed by atoms with van der Waals surface area (Å²) in [4.78, 5) is 16.1. The maximum absolute atomic E-state index is 14.0. The van der Waals surface area contributed by atoms with Gasteiger partial charge in [0.2, 0.25) is 11.9 Å². The smallest absolute Gasteiger partial charge is 0.229 e. The van der Waals surface area contributed by atoms with E-state index in [1.54, 1.807) is 28.9 Å². The number of benzene rings is 2. The Bertz CT molecular complexity index is 1040. The van der Waals surface area contributed by atoms with Crippen LogP contribution in [0.3, 0.4) is 0 Å². The summed E-state index contributed by atoms with van der Waals surface area (Å²) >= 11 is 6.07. The molecule has 2 heterocycles. The molecule has 0 saturated heterocycles. The summed E-state index contributed by atoms with van der Waals surface area (Å²) in [5.74, 6) is 0.778. The molecule has 0 bridgehead atoms. The molecular weight excluding hydrogens is 399 g/mol. The molecule has 1 N–H and O–H groups in total. The number of nitrogens with zero attached hydrogens (tertiary/aromatic N) is 3. The first-order valence-electron chi connectivity index (χ1n) is 9.08. The van der Waals surface area contributed by atoms with E-state index in [9.17, 15) is 9.18 Å². The van der Waals surface area contributed by atoms with Crippen molar-refractivity contribution in [3.8, 4) is 11.5 Å². The highest BCUT2D eigenvalue weighted by Gasteiger charge is 2.28. The van der Waals surface area contributed by atoms with Crippen molar-refractivity contribution < 1.29 is 18.7 Å². The van der Waals surface area contributed by atoms with Crippen molar-refractivity contribution in [3.63, 3.8) is 0 Å². The number of hydrogen-bond donors (Lipinski definition) is 1. The van der Waals surface area contributed by atoms with Gasteiger partial charge in [-0.05, 0) is 36.8 Å². The van der Waals surface area contributed by atoms with E-state index in [1.807, 2.05) is 13.0 Å². The predicted molar refractivity (Wildman–Crippen MR) is 105 cm³/mol. The first kappa shape index (κ1) is 19.2. The van der Waals surface area contributed by atoms with Gasteiger partial charge in [-0.2, -0.15) is 10.1 Å². The second-order valence-electron chi connectivity index (χ2n) is 6.42. The number of nitrogens with one attached hydrogen (secondary N) is 1. The Labute approximate surface area is 171 Å². The summed E-state index contributed by atoms with van der Waals surface area (Å²) in [7, 11) is 0. The SMILES string of the molecule is CCOc1cc([C@H]2CC(=O)Nc3ncnn32)ccc1OCc1c(F)cccc1Cl. The Kier molecular flexibility index (Phi) is 5.35. The number of carbonyl (C=O) groups is 1. The van der Waals surface area contributed by atoms with Crippen LogP contribution in [0.5, 0.6) is 11.5 Å². The van der Waals surface area contributed by atoms with Crippen molar-refractivity contribution in [1.82, 2.24) is 14.8 Å². The van der Waals surface area contributed by atoms with Gasteiger partial charge in [-0.25, -0.2) is 9.07 Å². The van der Waals surface area contributed by atoms with Crippen LogP contribution in [0.4, 0.5) is 10.3 Å². The molecule has 2 aromatic carbocycles. The fourth-order valence-electron chi connectivity index (χ4n) is 3.20. The predicted octanol–water partition coefficient (Wildman–Crippen LogP) is 3.98. The molecule has 0 unspecified atom stereocenters. The van der Waals surface area contributed by atoms with Crippen molar-refractivity contribution in [1.29, 1.82) is 0 Å². The number of hydrogen-bond acceptors (Lipinski definition) is 5. The second kappa shape index (κ2) is 8.08. The molecule has 4 rings (SSSR count). The van der Waals surface area contributed by atoms with Gasteiger partial charge in [0.15, 0.2) is 11.5 Å². The van der Waals surface area contributed by atoms with Crippen LogP contribution in [0.1, 0.15) is 30.5 Å². The third kappa shape index (κ3) is 3.88. The van der Waals surface area contributed by atoms with Crippen LogP contribution in [0.2, 0.25) is 5.02 Å². The highest BCUT2D eigenvalue weighted by molar-refractivity contribution is 6.31. The van der Waals surface area contributed by atoms with Gasteiger partial charge < -0.3 is 9.47 Å². The molecule has 0 radical (unpaired) electrons. The lowest BCUT2D eigenvalue weighted by atomic mass is 10.0. The highest BCUT2D eigenvalue weighted by atomic mass is 35.5. The molecule has 9 heteroatoms.